The van der Waals surface area contributed by atoms with Gasteiger partial charge in [-0.2, -0.15) is 0 Å². The van der Waals surface area contributed by atoms with Crippen LogP contribution in [0.15, 0.2) is 54.6 Å². The molecule has 1 atom stereocenters. The van der Waals surface area contributed by atoms with E-state index in [-0.39, 0.29) is 12.1 Å². The SMILES string of the molecule is CC(C)(O)CN(Cc1ccccc1)CC(O)c1ccccc1F. The van der Waals surface area contributed by atoms with Crippen molar-refractivity contribution in [2.45, 2.75) is 32.1 Å². The molecule has 2 N–H and O–H groups in total. The number of hydrogen-bond acceptors (Lipinski definition) is 3. The van der Waals surface area contributed by atoms with E-state index in [1.54, 1.807) is 32.0 Å². The van der Waals surface area contributed by atoms with Gasteiger partial charge in [-0.05, 0) is 25.5 Å². The van der Waals surface area contributed by atoms with Crippen LogP contribution in [-0.4, -0.2) is 33.8 Å². The van der Waals surface area contributed by atoms with E-state index >= 15 is 0 Å². The third kappa shape index (κ3) is 5.75. The third-order valence-electron chi connectivity index (χ3n) is 3.55. The molecule has 0 heterocycles. The first-order valence-electron chi connectivity index (χ1n) is 7.76. The maximum Gasteiger partial charge on any atom is 0.129 e. The van der Waals surface area contributed by atoms with Gasteiger partial charge in [0.25, 0.3) is 0 Å². The van der Waals surface area contributed by atoms with Crippen molar-refractivity contribution in [3.05, 3.63) is 71.5 Å². The number of aliphatic hydroxyl groups excluding tert-OH is 1. The Bertz CT molecular complexity index is 610. The number of benzene rings is 2. The van der Waals surface area contributed by atoms with Crippen LogP contribution >= 0.6 is 0 Å². The first kappa shape index (κ1) is 17.6. The molecule has 2 rings (SSSR count). The Kier molecular flexibility index (Phi) is 5.88. The lowest BCUT2D eigenvalue weighted by atomic mass is 10.1. The van der Waals surface area contributed by atoms with Crippen LogP contribution in [0, 0.1) is 5.82 Å². The number of rotatable bonds is 7. The summed E-state index contributed by atoms with van der Waals surface area (Å²) in [5.41, 5.74) is 0.461. The van der Waals surface area contributed by atoms with Crippen molar-refractivity contribution in [3.63, 3.8) is 0 Å². The first-order valence-corrected chi connectivity index (χ1v) is 7.76. The minimum absolute atomic E-state index is 0.250. The highest BCUT2D eigenvalue weighted by Crippen LogP contribution is 2.20. The molecular formula is C19H24FNO2. The quantitative estimate of drug-likeness (QED) is 0.824. The summed E-state index contributed by atoms with van der Waals surface area (Å²) in [6.07, 6.45) is -0.942. The van der Waals surface area contributed by atoms with Crippen LogP contribution in [0.5, 0.6) is 0 Å². The highest BCUT2D eigenvalue weighted by molar-refractivity contribution is 5.20. The fourth-order valence-electron chi connectivity index (χ4n) is 2.66. The Hall–Kier alpha value is -1.75. The number of nitrogens with zero attached hydrogens (tertiary/aromatic N) is 1. The van der Waals surface area contributed by atoms with Gasteiger partial charge in [-0.1, -0.05) is 48.5 Å². The van der Waals surface area contributed by atoms with Gasteiger partial charge < -0.3 is 10.2 Å². The van der Waals surface area contributed by atoms with Crippen molar-refractivity contribution in [1.82, 2.24) is 4.90 Å². The lowest BCUT2D eigenvalue weighted by Crippen LogP contribution is -2.40. The van der Waals surface area contributed by atoms with E-state index < -0.39 is 17.5 Å². The van der Waals surface area contributed by atoms with Crippen molar-refractivity contribution in [3.8, 4) is 0 Å². The normalized spacial score (nSPS) is 13.3. The lowest BCUT2D eigenvalue weighted by molar-refractivity contribution is 0.0145. The Morgan fingerprint density at radius 2 is 1.65 bits per heavy atom. The molecule has 0 bridgehead atoms. The maximum atomic E-state index is 13.8. The van der Waals surface area contributed by atoms with Gasteiger partial charge in [-0.3, -0.25) is 4.90 Å². The molecule has 1 unspecified atom stereocenters. The zero-order valence-electron chi connectivity index (χ0n) is 13.6. The molecule has 0 aliphatic carbocycles. The third-order valence-corrected chi connectivity index (χ3v) is 3.55. The summed E-state index contributed by atoms with van der Waals surface area (Å²) in [6, 6.07) is 16.1. The minimum atomic E-state index is -0.942. The highest BCUT2D eigenvalue weighted by atomic mass is 19.1. The predicted molar refractivity (Wildman–Crippen MR) is 89.4 cm³/mol. The van der Waals surface area contributed by atoms with Crippen LogP contribution in [0.25, 0.3) is 0 Å². The molecule has 3 nitrogen and oxygen atoms in total. The number of halogens is 1. The molecule has 0 aliphatic heterocycles. The van der Waals surface area contributed by atoms with Crippen LogP contribution in [0.2, 0.25) is 0 Å². The highest BCUT2D eigenvalue weighted by Gasteiger charge is 2.22. The first-order chi connectivity index (χ1) is 10.8. The molecule has 4 heteroatoms. The van der Waals surface area contributed by atoms with E-state index in [1.807, 2.05) is 35.2 Å². The fourth-order valence-corrected chi connectivity index (χ4v) is 2.66. The monoisotopic (exact) mass is 317 g/mol. The smallest absolute Gasteiger partial charge is 0.129 e. The van der Waals surface area contributed by atoms with Crippen molar-refractivity contribution in [2.75, 3.05) is 13.1 Å². The molecule has 0 saturated carbocycles. The van der Waals surface area contributed by atoms with E-state index in [9.17, 15) is 14.6 Å². The lowest BCUT2D eigenvalue weighted by Gasteiger charge is -2.31. The average Bonchev–Trinajstić information content (AvgIpc) is 2.46. The van der Waals surface area contributed by atoms with Crippen LogP contribution < -0.4 is 0 Å². The average molecular weight is 317 g/mol. The molecule has 0 aliphatic rings. The minimum Gasteiger partial charge on any atom is -0.389 e. The van der Waals surface area contributed by atoms with Gasteiger partial charge in [0.05, 0.1) is 11.7 Å². The van der Waals surface area contributed by atoms with Gasteiger partial charge in [0.15, 0.2) is 0 Å². The van der Waals surface area contributed by atoms with Gasteiger partial charge in [-0.15, -0.1) is 0 Å². The van der Waals surface area contributed by atoms with Crippen molar-refractivity contribution < 1.29 is 14.6 Å². The van der Waals surface area contributed by atoms with Crippen molar-refractivity contribution in [1.29, 1.82) is 0 Å². The van der Waals surface area contributed by atoms with Crippen molar-refractivity contribution in [2.24, 2.45) is 0 Å². The second-order valence-corrected chi connectivity index (χ2v) is 6.50. The summed E-state index contributed by atoms with van der Waals surface area (Å²) in [5.74, 6) is -0.414. The Balaban J connectivity index is 2.12. The summed E-state index contributed by atoms with van der Waals surface area (Å²) in [5, 5.41) is 20.5. The molecular weight excluding hydrogens is 293 g/mol. The molecule has 0 radical (unpaired) electrons. The van der Waals surface area contributed by atoms with Gasteiger partial charge in [0.2, 0.25) is 0 Å². The van der Waals surface area contributed by atoms with Gasteiger partial charge in [-0.25, -0.2) is 4.39 Å². The Labute approximate surface area is 137 Å². The van der Waals surface area contributed by atoms with Crippen molar-refractivity contribution >= 4 is 0 Å². The van der Waals surface area contributed by atoms with Crippen LogP contribution in [0.4, 0.5) is 4.39 Å². The number of hydrogen-bond donors (Lipinski definition) is 2. The van der Waals surface area contributed by atoms with E-state index in [0.717, 1.165) is 5.56 Å². The summed E-state index contributed by atoms with van der Waals surface area (Å²) in [4.78, 5) is 1.94. The van der Waals surface area contributed by atoms with Crippen LogP contribution in [0.1, 0.15) is 31.1 Å². The number of aliphatic hydroxyl groups is 2. The molecule has 2 aromatic carbocycles. The Morgan fingerprint density at radius 1 is 1.04 bits per heavy atom. The maximum absolute atomic E-state index is 13.8. The molecule has 23 heavy (non-hydrogen) atoms. The van der Waals surface area contributed by atoms with E-state index in [1.165, 1.54) is 6.07 Å². The molecule has 0 fully saturated rings. The fraction of sp³-hybridized carbons (Fsp3) is 0.368. The zero-order valence-corrected chi connectivity index (χ0v) is 13.6. The molecule has 2 aromatic rings. The van der Waals surface area contributed by atoms with Gasteiger partial charge in [0, 0.05) is 25.2 Å². The molecule has 0 aromatic heterocycles. The molecule has 0 amide bonds. The molecule has 0 spiro atoms. The largest absolute Gasteiger partial charge is 0.389 e. The molecule has 124 valence electrons. The predicted octanol–water partition coefficient (Wildman–Crippen LogP) is 3.13. The van der Waals surface area contributed by atoms with E-state index in [4.69, 9.17) is 0 Å². The Morgan fingerprint density at radius 3 is 2.26 bits per heavy atom. The van der Waals surface area contributed by atoms with Crippen LogP contribution in [-0.2, 0) is 6.54 Å². The summed E-state index contributed by atoms with van der Waals surface area (Å²) < 4.78 is 13.8. The second kappa shape index (κ2) is 7.68. The van der Waals surface area contributed by atoms with Gasteiger partial charge in [0.1, 0.15) is 5.82 Å². The van der Waals surface area contributed by atoms with Crippen LogP contribution in [0.3, 0.4) is 0 Å². The standard InChI is InChI=1S/C19H24FNO2/c1-19(2,23)14-21(12-15-8-4-3-5-9-15)13-18(22)16-10-6-7-11-17(16)20/h3-11,18,22-23H,12-14H2,1-2H3. The second-order valence-electron chi connectivity index (χ2n) is 6.50. The van der Waals surface area contributed by atoms with Gasteiger partial charge >= 0.3 is 0 Å². The molecule has 0 saturated heterocycles. The summed E-state index contributed by atoms with van der Waals surface area (Å²) in [7, 11) is 0. The van der Waals surface area contributed by atoms with E-state index in [2.05, 4.69) is 0 Å². The summed E-state index contributed by atoms with van der Waals surface area (Å²) in [6.45, 7) is 4.66. The zero-order chi connectivity index (χ0) is 16.9. The summed E-state index contributed by atoms with van der Waals surface area (Å²) >= 11 is 0. The topological polar surface area (TPSA) is 43.7 Å². The van der Waals surface area contributed by atoms with E-state index in [0.29, 0.717) is 13.1 Å².